The van der Waals surface area contributed by atoms with E-state index in [2.05, 4.69) is 17.4 Å². The quantitative estimate of drug-likeness (QED) is 0.650. The molecule has 0 spiro atoms. The molecular weight excluding hydrogens is 368 g/mol. The van der Waals surface area contributed by atoms with Gasteiger partial charge >= 0.3 is 0 Å². The van der Waals surface area contributed by atoms with Crippen molar-refractivity contribution in [2.24, 2.45) is 0 Å². The van der Waals surface area contributed by atoms with Gasteiger partial charge in [0, 0.05) is 24.3 Å². The summed E-state index contributed by atoms with van der Waals surface area (Å²) < 4.78 is 0. The van der Waals surface area contributed by atoms with Gasteiger partial charge in [-0.1, -0.05) is 42.5 Å². The maximum absolute atomic E-state index is 12.7. The molecule has 0 unspecified atom stereocenters. The number of nitrogens with zero attached hydrogens (tertiary/aromatic N) is 1. The number of fused-ring (bicyclic) bond motifs is 1. The van der Waals surface area contributed by atoms with Crippen molar-refractivity contribution in [2.45, 2.75) is 25.7 Å². The van der Waals surface area contributed by atoms with E-state index in [4.69, 9.17) is 0 Å². The second kappa shape index (κ2) is 8.40. The molecule has 2 amide bonds. The fourth-order valence-electron chi connectivity index (χ4n) is 3.52. The summed E-state index contributed by atoms with van der Waals surface area (Å²) in [6.45, 7) is 0.681. The summed E-state index contributed by atoms with van der Waals surface area (Å²) in [5.41, 5.74) is 4.04. The van der Waals surface area contributed by atoms with Crippen molar-refractivity contribution in [3.05, 3.63) is 82.0 Å². The summed E-state index contributed by atoms with van der Waals surface area (Å²) in [7, 11) is 0. The Kier molecular flexibility index (Phi) is 5.53. The van der Waals surface area contributed by atoms with Crippen LogP contribution in [0.4, 0.5) is 11.4 Å². The number of benzene rings is 2. The van der Waals surface area contributed by atoms with Crippen LogP contribution in [-0.2, 0) is 17.6 Å². The molecule has 2 aromatic carbocycles. The van der Waals surface area contributed by atoms with E-state index in [-0.39, 0.29) is 11.8 Å². The number of nitrogens with one attached hydrogen (secondary N) is 1. The summed E-state index contributed by atoms with van der Waals surface area (Å²) in [4.78, 5) is 27.6. The lowest BCUT2D eigenvalue weighted by Gasteiger charge is -2.17. The summed E-state index contributed by atoms with van der Waals surface area (Å²) in [6.07, 6.45) is 3.02. The largest absolute Gasteiger partial charge is 0.326 e. The van der Waals surface area contributed by atoms with Crippen LogP contribution >= 0.6 is 11.3 Å². The molecule has 0 fully saturated rings. The summed E-state index contributed by atoms with van der Waals surface area (Å²) in [5, 5.41) is 4.89. The van der Waals surface area contributed by atoms with Gasteiger partial charge in [0.25, 0.3) is 5.91 Å². The molecule has 1 aliphatic heterocycles. The van der Waals surface area contributed by atoms with Crippen molar-refractivity contribution in [3.8, 4) is 0 Å². The number of hydrogen-bond donors (Lipinski definition) is 1. The van der Waals surface area contributed by atoms with Crippen molar-refractivity contribution < 1.29 is 9.59 Å². The Morgan fingerprint density at radius 3 is 2.68 bits per heavy atom. The predicted octanol–water partition coefficient (Wildman–Crippen LogP) is 4.91. The van der Waals surface area contributed by atoms with Crippen LogP contribution in [0.3, 0.4) is 0 Å². The fourth-order valence-corrected chi connectivity index (χ4v) is 4.19. The normalized spacial score (nSPS) is 12.6. The Morgan fingerprint density at radius 2 is 1.89 bits per heavy atom. The van der Waals surface area contributed by atoms with Gasteiger partial charge in [-0.2, -0.15) is 0 Å². The molecular formula is C23H22N2O2S. The minimum atomic E-state index is 0.00464. The lowest BCUT2D eigenvalue weighted by molar-refractivity contribution is -0.116. The molecule has 0 saturated carbocycles. The molecule has 3 aromatic rings. The van der Waals surface area contributed by atoms with Gasteiger partial charge in [-0.3, -0.25) is 9.59 Å². The third-order valence-electron chi connectivity index (χ3n) is 4.95. The van der Waals surface area contributed by atoms with Crippen molar-refractivity contribution in [3.63, 3.8) is 0 Å². The number of carbonyl (C=O) groups is 2. The third kappa shape index (κ3) is 4.15. The van der Waals surface area contributed by atoms with E-state index < -0.39 is 0 Å². The van der Waals surface area contributed by atoms with Gasteiger partial charge in [-0.05, 0) is 54.0 Å². The Morgan fingerprint density at radius 1 is 1.04 bits per heavy atom. The minimum absolute atomic E-state index is 0.00464. The zero-order chi connectivity index (χ0) is 19.3. The van der Waals surface area contributed by atoms with Crippen LogP contribution in [0.1, 0.15) is 33.6 Å². The molecule has 1 N–H and O–H groups in total. The van der Waals surface area contributed by atoms with Crippen molar-refractivity contribution in [1.82, 2.24) is 0 Å². The molecule has 5 heteroatoms. The number of thiophene rings is 1. The molecule has 142 valence electrons. The van der Waals surface area contributed by atoms with Gasteiger partial charge < -0.3 is 10.2 Å². The van der Waals surface area contributed by atoms with Crippen LogP contribution in [0.5, 0.6) is 0 Å². The molecule has 28 heavy (non-hydrogen) atoms. The number of rotatable bonds is 6. The van der Waals surface area contributed by atoms with Crippen molar-refractivity contribution in [2.75, 3.05) is 16.8 Å². The Balaban J connectivity index is 1.38. The predicted molar refractivity (Wildman–Crippen MR) is 114 cm³/mol. The zero-order valence-electron chi connectivity index (χ0n) is 15.6. The molecule has 4 nitrogen and oxygen atoms in total. The molecule has 0 saturated heterocycles. The monoisotopic (exact) mass is 390 g/mol. The van der Waals surface area contributed by atoms with Gasteiger partial charge in [0.1, 0.15) is 0 Å². The summed E-state index contributed by atoms with van der Waals surface area (Å²) in [6, 6.07) is 19.8. The van der Waals surface area contributed by atoms with Gasteiger partial charge in [-0.15, -0.1) is 11.3 Å². The van der Waals surface area contributed by atoms with Gasteiger partial charge in [0.15, 0.2) is 0 Å². The SMILES string of the molecule is O=C(CCCc1ccccc1)Nc1ccc2c(c1)N(C(=O)c1cccs1)CC2. The molecule has 1 aromatic heterocycles. The molecule has 0 radical (unpaired) electrons. The molecule has 2 heterocycles. The van der Waals surface area contributed by atoms with Gasteiger partial charge in [-0.25, -0.2) is 0 Å². The lowest BCUT2D eigenvalue weighted by atomic mass is 10.1. The smallest absolute Gasteiger partial charge is 0.268 e. The first-order valence-corrected chi connectivity index (χ1v) is 10.4. The average Bonchev–Trinajstić information content (AvgIpc) is 3.38. The van der Waals surface area contributed by atoms with Crippen LogP contribution < -0.4 is 10.2 Å². The summed E-state index contributed by atoms with van der Waals surface area (Å²) in [5.74, 6) is 0.0325. The van der Waals surface area contributed by atoms with E-state index in [1.807, 2.05) is 58.8 Å². The van der Waals surface area contributed by atoms with E-state index in [0.29, 0.717) is 13.0 Å². The molecule has 0 atom stereocenters. The topological polar surface area (TPSA) is 49.4 Å². The second-order valence-electron chi connectivity index (χ2n) is 6.91. The van der Waals surface area contributed by atoms with Crippen LogP contribution in [0, 0.1) is 0 Å². The van der Waals surface area contributed by atoms with E-state index >= 15 is 0 Å². The number of anilines is 2. The van der Waals surface area contributed by atoms with Crippen molar-refractivity contribution >= 4 is 34.5 Å². The van der Waals surface area contributed by atoms with Crippen LogP contribution in [0.15, 0.2) is 66.0 Å². The van der Waals surface area contributed by atoms with Gasteiger partial charge in [0.2, 0.25) is 5.91 Å². The van der Waals surface area contributed by atoms with E-state index in [9.17, 15) is 9.59 Å². The number of hydrogen-bond acceptors (Lipinski definition) is 3. The highest BCUT2D eigenvalue weighted by atomic mass is 32.1. The number of carbonyl (C=O) groups excluding carboxylic acids is 2. The van der Waals surface area contributed by atoms with Crippen molar-refractivity contribution in [1.29, 1.82) is 0 Å². The highest BCUT2D eigenvalue weighted by Crippen LogP contribution is 2.32. The first kappa shape index (κ1) is 18.4. The fraction of sp³-hybridized carbons (Fsp3) is 0.217. The highest BCUT2D eigenvalue weighted by molar-refractivity contribution is 7.12. The van der Waals surface area contributed by atoms with Crippen LogP contribution in [0.25, 0.3) is 0 Å². The maximum Gasteiger partial charge on any atom is 0.268 e. The molecule has 1 aliphatic rings. The highest BCUT2D eigenvalue weighted by Gasteiger charge is 2.26. The van der Waals surface area contributed by atoms with E-state index in [0.717, 1.165) is 41.1 Å². The Hall–Kier alpha value is -2.92. The van der Waals surface area contributed by atoms with Crippen LogP contribution in [0.2, 0.25) is 0 Å². The minimum Gasteiger partial charge on any atom is -0.326 e. The van der Waals surface area contributed by atoms with E-state index in [1.165, 1.54) is 16.9 Å². The average molecular weight is 391 g/mol. The van der Waals surface area contributed by atoms with Crippen LogP contribution in [-0.4, -0.2) is 18.4 Å². The molecule has 4 rings (SSSR count). The second-order valence-corrected chi connectivity index (χ2v) is 7.86. The molecule has 0 bridgehead atoms. The zero-order valence-corrected chi connectivity index (χ0v) is 16.4. The Bertz CT molecular complexity index is 968. The number of amides is 2. The Labute approximate surface area is 168 Å². The third-order valence-corrected chi connectivity index (χ3v) is 5.81. The first-order chi connectivity index (χ1) is 13.7. The molecule has 0 aliphatic carbocycles. The first-order valence-electron chi connectivity index (χ1n) is 9.53. The lowest BCUT2D eigenvalue weighted by Crippen LogP contribution is -2.28. The summed E-state index contributed by atoms with van der Waals surface area (Å²) >= 11 is 1.45. The van der Waals surface area contributed by atoms with Gasteiger partial charge in [0.05, 0.1) is 4.88 Å². The number of aryl methyl sites for hydroxylation is 1. The standard InChI is InChI=1S/C23H22N2O2S/c26-22(10-4-8-17-6-2-1-3-7-17)24-19-12-11-18-13-14-25(20(18)16-19)23(27)21-9-5-15-28-21/h1-3,5-7,9,11-12,15-16H,4,8,10,13-14H2,(H,24,26). The maximum atomic E-state index is 12.7. The van der Waals surface area contributed by atoms with E-state index in [1.54, 1.807) is 0 Å².